The molecule has 0 heterocycles. The Balaban J connectivity index is 4.42. The van der Waals surface area contributed by atoms with Crippen molar-refractivity contribution in [3.05, 3.63) is 0 Å². The quantitative estimate of drug-likeness (QED) is 0.237. The van der Waals surface area contributed by atoms with Crippen LogP contribution < -0.4 is 0 Å². The van der Waals surface area contributed by atoms with Gasteiger partial charge in [-0.15, -0.1) is 0 Å². The van der Waals surface area contributed by atoms with Gasteiger partial charge in [0.05, 0.1) is 0 Å². The molecule has 8 nitrogen and oxygen atoms in total. The van der Waals surface area contributed by atoms with Crippen LogP contribution in [-0.2, 0) is 8.68 Å². The van der Waals surface area contributed by atoms with Gasteiger partial charge < -0.3 is 33.1 Å². The van der Waals surface area contributed by atoms with Crippen molar-refractivity contribution in [1.82, 2.24) is 0 Å². The second-order valence-electron chi connectivity index (χ2n) is 2.76. The largest absolute Gasteiger partial charge is 0.500 e. The van der Waals surface area contributed by atoms with E-state index in [9.17, 15) is 4.57 Å². The molecule has 6 N–H and O–H groups in total. The Bertz CT molecular complexity index is 235. The highest BCUT2D eigenvalue weighted by Crippen LogP contribution is 2.36. The van der Waals surface area contributed by atoms with E-state index in [1.807, 2.05) is 0 Å². The first-order chi connectivity index (χ1) is 5.97. The molecule has 0 spiro atoms. The van der Waals surface area contributed by atoms with E-state index in [-0.39, 0.29) is 6.04 Å². The maximum atomic E-state index is 10.4. The van der Waals surface area contributed by atoms with Crippen LogP contribution in [0.2, 0.25) is 6.04 Å². The van der Waals surface area contributed by atoms with E-state index in [4.69, 9.17) is 29.0 Å². The third-order valence-corrected chi connectivity index (χ3v) is 8.03. The highest BCUT2D eigenvalue weighted by Gasteiger charge is 2.48. The lowest BCUT2D eigenvalue weighted by atomic mass is 11.0. The summed E-state index contributed by atoms with van der Waals surface area (Å²) in [5.74, 6) is -1.28. The van der Waals surface area contributed by atoms with Crippen molar-refractivity contribution < 1.29 is 37.6 Å². The fourth-order valence-electron chi connectivity index (χ4n) is 0.635. The van der Waals surface area contributed by atoms with Gasteiger partial charge in [-0.05, 0) is 0 Å². The van der Waals surface area contributed by atoms with E-state index in [2.05, 4.69) is 4.12 Å². The van der Waals surface area contributed by atoms with E-state index in [0.717, 1.165) is 0 Å². The van der Waals surface area contributed by atoms with E-state index in [1.165, 1.54) is 6.92 Å². The SMILES string of the molecule is CC[Si](O)(O)O[Si](O)(O)CP(=O)(O)O. The Morgan fingerprint density at radius 2 is 1.57 bits per heavy atom. The molecule has 0 atom stereocenters. The zero-order valence-electron chi connectivity index (χ0n) is 7.36. The molecule has 0 saturated heterocycles. The molecule has 0 rings (SSSR count). The molecular formula is C3H13O8PSi2. The summed E-state index contributed by atoms with van der Waals surface area (Å²) in [7, 11) is -13.5. The lowest BCUT2D eigenvalue weighted by molar-refractivity contribution is 0.159. The molecule has 0 bridgehead atoms. The molecule has 0 aliphatic carbocycles. The Hall–Kier alpha value is 0.384. The van der Waals surface area contributed by atoms with Crippen LogP contribution in [0.25, 0.3) is 0 Å². The van der Waals surface area contributed by atoms with Crippen LogP contribution in [0.3, 0.4) is 0 Å². The van der Waals surface area contributed by atoms with Crippen LogP contribution in [-0.4, -0.2) is 52.4 Å². The Morgan fingerprint density at radius 3 is 1.86 bits per heavy atom. The summed E-state index contributed by atoms with van der Waals surface area (Å²) < 4.78 is 14.6. The van der Waals surface area contributed by atoms with E-state index in [0.29, 0.717) is 0 Å². The zero-order chi connectivity index (χ0) is 11.6. The van der Waals surface area contributed by atoms with Crippen LogP contribution in [0.5, 0.6) is 0 Å². The number of hydrogen-bond donors (Lipinski definition) is 6. The second-order valence-corrected chi connectivity index (χ2v) is 9.86. The summed E-state index contributed by atoms with van der Waals surface area (Å²) >= 11 is 0. The number of rotatable bonds is 5. The molecule has 0 saturated carbocycles. The molecule has 0 unspecified atom stereocenters. The predicted octanol–water partition coefficient (Wildman–Crippen LogP) is -2.41. The average Bonchev–Trinajstić information content (AvgIpc) is 1.78. The van der Waals surface area contributed by atoms with Gasteiger partial charge in [-0.3, -0.25) is 4.57 Å². The summed E-state index contributed by atoms with van der Waals surface area (Å²) in [5.41, 5.74) is 0. The third kappa shape index (κ3) is 6.78. The van der Waals surface area contributed by atoms with Gasteiger partial charge in [-0.25, -0.2) is 0 Å². The lowest BCUT2D eigenvalue weighted by Crippen LogP contribution is -2.55. The topological polar surface area (TPSA) is 148 Å². The zero-order valence-corrected chi connectivity index (χ0v) is 10.3. The molecule has 0 aromatic rings. The highest BCUT2D eigenvalue weighted by atomic mass is 31.2. The maximum Gasteiger partial charge on any atom is 0.500 e. The molecule has 11 heteroatoms. The lowest BCUT2D eigenvalue weighted by Gasteiger charge is -2.24. The van der Waals surface area contributed by atoms with Crippen molar-refractivity contribution >= 4 is 25.2 Å². The summed E-state index contributed by atoms with van der Waals surface area (Å²) in [6.45, 7) is 1.34. The predicted molar refractivity (Wildman–Crippen MR) is 48.9 cm³/mol. The van der Waals surface area contributed by atoms with Gasteiger partial charge in [0.25, 0.3) is 0 Å². The summed E-state index contributed by atoms with van der Waals surface area (Å²) in [4.78, 5) is 52.8. The van der Waals surface area contributed by atoms with Gasteiger partial charge in [0.1, 0.15) is 5.79 Å². The first kappa shape index (κ1) is 14.4. The molecule has 0 aromatic heterocycles. The number of hydrogen-bond acceptors (Lipinski definition) is 6. The molecule has 0 aliphatic heterocycles. The van der Waals surface area contributed by atoms with Gasteiger partial charge in [0.15, 0.2) is 0 Å². The molecule has 0 aromatic carbocycles. The van der Waals surface area contributed by atoms with Crippen molar-refractivity contribution in [1.29, 1.82) is 0 Å². The first-order valence-electron chi connectivity index (χ1n) is 3.62. The minimum absolute atomic E-state index is 0.232. The minimum Gasteiger partial charge on any atom is -0.390 e. The molecule has 0 fully saturated rings. The molecule has 0 aliphatic rings. The standard InChI is InChI=1S/C3H13O8PSi2/c1-2-13(7,8)11-14(9,10)3-12(4,5)6/h7-10H,2-3H2,1H3,(H2,4,5,6). The van der Waals surface area contributed by atoms with Crippen LogP contribution >= 0.6 is 7.60 Å². The van der Waals surface area contributed by atoms with E-state index >= 15 is 0 Å². The average molecular weight is 264 g/mol. The minimum atomic E-state index is -4.70. The van der Waals surface area contributed by atoms with Crippen molar-refractivity contribution in [2.45, 2.75) is 13.0 Å². The van der Waals surface area contributed by atoms with Gasteiger partial charge in [0.2, 0.25) is 0 Å². The molecule has 14 heavy (non-hydrogen) atoms. The highest BCUT2D eigenvalue weighted by molar-refractivity contribution is 7.54. The summed E-state index contributed by atoms with van der Waals surface area (Å²) in [6, 6.07) is -0.232. The van der Waals surface area contributed by atoms with E-state index in [1.54, 1.807) is 0 Å². The summed E-state index contributed by atoms with van der Waals surface area (Å²) in [5, 5.41) is 0. The van der Waals surface area contributed by atoms with Crippen molar-refractivity contribution in [3.8, 4) is 0 Å². The Morgan fingerprint density at radius 1 is 1.14 bits per heavy atom. The monoisotopic (exact) mass is 264 g/mol. The first-order valence-corrected chi connectivity index (χ1v) is 9.43. The Labute approximate surface area is 82.3 Å². The molecule has 86 valence electrons. The van der Waals surface area contributed by atoms with Gasteiger partial charge in [0, 0.05) is 6.04 Å². The van der Waals surface area contributed by atoms with Crippen molar-refractivity contribution in [3.63, 3.8) is 0 Å². The summed E-state index contributed by atoms with van der Waals surface area (Å²) in [6.07, 6.45) is 0. The fourth-order valence-corrected chi connectivity index (χ4v) is 6.29. The van der Waals surface area contributed by atoms with E-state index < -0.39 is 31.0 Å². The van der Waals surface area contributed by atoms with Crippen LogP contribution in [0.15, 0.2) is 0 Å². The maximum absolute atomic E-state index is 10.4. The molecule has 0 radical (unpaired) electrons. The molecular weight excluding hydrogens is 251 g/mol. The third-order valence-electron chi connectivity index (χ3n) is 1.20. The van der Waals surface area contributed by atoms with Gasteiger partial charge in [-0.2, -0.15) is 0 Å². The van der Waals surface area contributed by atoms with Crippen LogP contribution in [0, 0.1) is 0 Å². The molecule has 0 amide bonds. The van der Waals surface area contributed by atoms with Crippen LogP contribution in [0.1, 0.15) is 6.92 Å². The fraction of sp³-hybridized carbons (Fsp3) is 1.00. The van der Waals surface area contributed by atoms with Crippen molar-refractivity contribution in [2.75, 3.05) is 5.79 Å². The van der Waals surface area contributed by atoms with Crippen molar-refractivity contribution in [2.24, 2.45) is 0 Å². The smallest absolute Gasteiger partial charge is 0.390 e. The second kappa shape index (κ2) is 4.49. The normalized spacial score (nSPS) is 14.5. The van der Waals surface area contributed by atoms with Crippen LogP contribution in [0.4, 0.5) is 0 Å². The van der Waals surface area contributed by atoms with Gasteiger partial charge >= 0.3 is 25.2 Å². The Kier molecular flexibility index (Phi) is 4.61. The van der Waals surface area contributed by atoms with Gasteiger partial charge in [-0.1, -0.05) is 6.92 Å².